The van der Waals surface area contributed by atoms with E-state index in [1.807, 2.05) is 0 Å². The minimum atomic E-state index is -0.543. The molecule has 0 aliphatic carbocycles. The van der Waals surface area contributed by atoms with Gasteiger partial charge in [0.05, 0.1) is 6.04 Å². The summed E-state index contributed by atoms with van der Waals surface area (Å²) in [6, 6.07) is 6.45. The molecule has 0 bridgehead atoms. The number of carbonyl (C=O) groups excluding carboxylic acids is 2. The number of anilines is 2. The number of hydrogen-bond acceptors (Lipinski definition) is 4. The molecule has 0 aromatic heterocycles. The zero-order valence-corrected chi connectivity index (χ0v) is 13.3. The third kappa shape index (κ3) is 5.29. The van der Waals surface area contributed by atoms with Crippen LogP contribution in [-0.2, 0) is 14.3 Å². The van der Waals surface area contributed by atoms with Crippen molar-refractivity contribution in [1.29, 1.82) is 0 Å². The third-order valence-corrected chi connectivity index (χ3v) is 3.53. The Kier molecular flexibility index (Phi) is 7.31. The molecule has 2 rings (SSSR count). The molecule has 7 heteroatoms. The van der Waals surface area contributed by atoms with E-state index in [-0.39, 0.29) is 30.1 Å². The fraction of sp³-hybridized carbons (Fsp3) is 0.467. The molecule has 0 radical (unpaired) electrons. The van der Waals surface area contributed by atoms with Crippen LogP contribution in [0.5, 0.6) is 0 Å². The van der Waals surface area contributed by atoms with Crippen LogP contribution in [-0.4, -0.2) is 31.1 Å². The maximum atomic E-state index is 12.2. The Labute approximate surface area is 136 Å². The highest BCUT2D eigenvalue weighted by Gasteiger charge is 2.26. The van der Waals surface area contributed by atoms with Crippen LogP contribution in [0.15, 0.2) is 24.3 Å². The Bertz CT molecular complexity index is 519. The van der Waals surface area contributed by atoms with E-state index in [0.717, 1.165) is 12.8 Å². The van der Waals surface area contributed by atoms with Gasteiger partial charge in [-0.1, -0.05) is 6.07 Å². The third-order valence-electron chi connectivity index (χ3n) is 3.53. The van der Waals surface area contributed by atoms with Crippen LogP contribution in [0.1, 0.15) is 19.8 Å². The molecule has 122 valence electrons. The topological polar surface area (TPSA) is 93.5 Å². The van der Waals surface area contributed by atoms with Crippen molar-refractivity contribution in [3.8, 4) is 0 Å². The SMILES string of the molecule is CC(=O)Nc1cccc(NC(=O)C(N)C2CCOCC2)c1.Cl. The van der Waals surface area contributed by atoms with Crippen molar-refractivity contribution >= 4 is 35.6 Å². The van der Waals surface area contributed by atoms with E-state index >= 15 is 0 Å². The van der Waals surface area contributed by atoms with Crippen LogP contribution in [0.4, 0.5) is 11.4 Å². The Morgan fingerprint density at radius 1 is 1.23 bits per heavy atom. The molecule has 4 N–H and O–H groups in total. The number of carbonyl (C=O) groups is 2. The van der Waals surface area contributed by atoms with Gasteiger partial charge in [0.2, 0.25) is 11.8 Å². The molecular weight excluding hydrogens is 306 g/mol. The van der Waals surface area contributed by atoms with Crippen molar-refractivity contribution in [1.82, 2.24) is 0 Å². The lowest BCUT2D eigenvalue weighted by Crippen LogP contribution is -2.44. The average Bonchev–Trinajstić information content (AvgIpc) is 2.47. The normalized spacial score (nSPS) is 16.3. The Morgan fingerprint density at radius 2 is 1.82 bits per heavy atom. The molecule has 1 saturated heterocycles. The number of benzene rings is 1. The first-order valence-corrected chi connectivity index (χ1v) is 7.08. The van der Waals surface area contributed by atoms with Gasteiger partial charge in [-0.15, -0.1) is 12.4 Å². The lowest BCUT2D eigenvalue weighted by Gasteiger charge is -2.26. The first kappa shape index (κ1) is 18.4. The van der Waals surface area contributed by atoms with Gasteiger partial charge in [-0.2, -0.15) is 0 Å². The van der Waals surface area contributed by atoms with Crippen molar-refractivity contribution < 1.29 is 14.3 Å². The van der Waals surface area contributed by atoms with Gasteiger partial charge in [-0.3, -0.25) is 9.59 Å². The number of hydrogen-bond donors (Lipinski definition) is 3. The molecule has 1 atom stereocenters. The van der Waals surface area contributed by atoms with Gasteiger partial charge in [0, 0.05) is 31.5 Å². The highest BCUT2D eigenvalue weighted by molar-refractivity contribution is 5.96. The van der Waals surface area contributed by atoms with E-state index in [1.165, 1.54) is 6.92 Å². The van der Waals surface area contributed by atoms with Gasteiger partial charge in [0.15, 0.2) is 0 Å². The van der Waals surface area contributed by atoms with Gasteiger partial charge >= 0.3 is 0 Å². The summed E-state index contributed by atoms with van der Waals surface area (Å²) >= 11 is 0. The first-order chi connectivity index (χ1) is 10.1. The predicted molar refractivity (Wildman–Crippen MR) is 88.1 cm³/mol. The van der Waals surface area contributed by atoms with Crippen molar-refractivity contribution in [2.24, 2.45) is 11.7 Å². The molecule has 1 aromatic carbocycles. The van der Waals surface area contributed by atoms with Crippen molar-refractivity contribution in [3.63, 3.8) is 0 Å². The average molecular weight is 328 g/mol. The Balaban J connectivity index is 0.00000242. The largest absolute Gasteiger partial charge is 0.381 e. The van der Waals surface area contributed by atoms with E-state index in [0.29, 0.717) is 24.6 Å². The summed E-state index contributed by atoms with van der Waals surface area (Å²) in [4.78, 5) is 23.2. The lowest BCUT2D eigenvalue weighted by molar-refractivity contribution is -0.119. The van der Waals surface area contributed by atoms with Gasteiger partial charge in [0.1, 0.15) is 0 Å². The molecule has 1 aromatic rings. The summed E-state index contributed by atoms with van der Waals surface area (Å²) in [5.74, 6) is -0.212. The summed E-state index contributed by atoms with van der Waals surface area (Å²) in [5.41, 5.74) is 7.28. The number of rotatable bonds is 4. The van der Waals surface area contributed by atoms with E-state index in [2.05, 4.69) is 10.6 Å². The molecule has 1 unspecified atom stereocenters. The van der Waals surface area contributed by atoms with E-state index in [1.54, 1.807) is 24.3 Å². The minimum absolute atomic E-state index is 0. The van der Waals surface area contributed by atoms with Gasteiger partial charge < -0.3 is 21.1 Å². The highest BCUT2D eigenvalue weighted by Crippen LogP contribution is 2.20. The molecule has 0 saturated carbocycles. The number of ether oxygens (including phenoxy) is 1. The molecule has 1 aliphatic heterocycles. The zero-order chi connectivity index (χ0) is 15.2. The summed E-state index contributed by atoms with van der Waals surface area (Å²) in [6.45, 7) is 2.75. The summed E-state index contributed by atoms with van der Waals surface area (Å²) < 4.78 is 5.27. The van der Waals surface area contributed by atoms with Gasteiger partial charge in [-0.25, -0.2) is 0 Å². The number of halogens is 1. The second kappa shape index (κ2) is 8.73. The van der Waals surface area contributed by atoms with Gasteiger partial charge in [0.25, 0.3) is 0 Å². The zero-order valence-electron chi connectivity index (χ0n) is 12.5. The maximum absolute atomic E-state index is 12.2. The molecular formula is C15H22ClN3O3. The summed E-state index contributed by atoms with van der Waals surface area (Å²) in [6.07, 6.45) is 1.61. The molecule has 1 aliphatic rings. The van der Waals surface area contributed by atoms with Crippen molar-refractivity contribution in [2.75, 3.05) is 23.8 Å². The minimum Gasteiger partial charge on any atom is -0.381 e. The van der Waals surface area contributed by atoms with E-state index in [9.17, 15) is 9.59 Å². The Morgan fingerprint density at radius 3 is 2.41 bits per heavy atom. The molecule has 6 nitrogen and oxygen atoms in total. The van der Waals surface area contributed by atoms with Gasteiger partial charge in [-0.05, 0) is 37.0 Å². The van der Waals surface area contributed by atoms with Crippen LogP contribution in [0.2, 0.25) is 0 Å². The fourth-order valence-electron chi connectivity index (χ4n) is 2.39. The lowest BCUT2D eigenvalue weighted by atomic mass is 9.92. The number of nitrogens with one attached hydrogen (secondary N) is 2. The predicted octanol–water partition coefficient (Wildman–Crippen LogP) is 1.76. The summed E-state index contributed by atoms with van der Waals surface area (Å²) in [7, 11) is 0. The monoisotopic (exact) mass is 327 g/mol. The maximum Gasteiger partial charge on any atom is 0.241 e. The first-order valence-electron chi connectivity index (χ1n) is 7.08. The van der Waals surface area contributed by atoms with Crippen LogP contribution in [0, 0.1) is 5.92 Å². The number of nitrogens with two attached hydrogens (primary N) is 1. The van der Waals surface area contributed by atoms with Crippen LogP contribution in [0.25, 0.3) is 0 Å². The van der Waals surface area contributed by atoms with Crippen LogP contribution < -0.4 is 16.4 Å². The second-order valence-electron chi connectivity index (χ2n) is 5.23. The number of amides is 2. The van der Waals surface area contributed by atoms with Crippen LogP contribution in [0.3, 0.4) is 0 Å². The smallest absolute Gasteiger partial charge is 0.241 e. The van der Waals surface area contributed by atoms with Crippen molar-refractivity contribution in [3.05, 3.63) is 24.3 Å². The van der Waals surface area contributed by atoms with Crippen LogP contribution >= 0.6 is 12.4 Å². The molecule has 1 heterocycles. The molecule has 22 heavy (non-hydrogen) atoms. The van der Waals surface area contributed by atoms with E-state index < -0.39 is 6.04 Å². The summed E-state index contributed by atoms with van der Waals surface area (Å²) in [5, 5.41) is 5.47. The van der Waals surface area contributed by atoms with Crippen molar-refractivity contribution in [2.45, 2.75) is 25.8 Å². The molecule has 2 amide bonds. The molecule has 0 spiro atoms. The second-order valence-corrected chi connectivity index (χ2v) is 5.23. The highest BCUT2D eigenvalue weighted by atomic mass is 35.5. The Hall–Kier alpha value is -1.63. The quantitative estimate of drug-likeness (QED) is 0.785. The molecule has 1 fully saturated rings. The fourth-order valence-corrected chi connectivity index (χ4v) is 2.39. The standard InChI is InChI=1S/C15H21N3O3.ClH/c1-10(19)17-12-3-2-4-13(9-12)18-15(20)14(16)11-5-7-21-8-6-11;/h2-4,9,11,14H,5-8,16H2,1H3,(H,17,19)(H,18,20);1H. The van der Waals surface area contributed by atoms with E-state index in [4.69, 9.17) is 10.5 Å².